The van der Waals surface area contributed by atoms with Crippen molar-refractivity contribution in [1.29, 1.82) is 5.26 Å². The van der Waals surface area contributed by atoms with Gasteiger partial charge in [0.15, 0.2) is 5.82 Å². The second-order valence-electron chi connectivity index (χ2n) is 6.82. The van der Waals surface area contributed by atoms with Crippen LogP contribution in [0.5, 0.6) is 0 Å². The SMILES string of the molecule is C[C@H](Nc1ncnc(N)c1C#N)c1nn2ccc(C(F)(F)F)c2c(=O)n1-c1ccccc1. The molecule has 0 spiro atoms. The van der Waals surface area contributed by atoms with Crippen LogP contribution in [0, 0.1) is 11.3 Å². The lowest BCUT2D eigenvalue weighted by molar-refractivity contribution is -0.136. The molecule has 0 aliphatic rings. The molecule has 0 amide bonds. The molecule has 3 heterocycles. The molecule has 3 N–H and O–H groups in total. The van der Waals surface area contributed by atoms with E-state index in [1.807, 2.05) is 6.07 Å². The van der Waals surface area contributed by atoms with Crippen molar-refractivity contribution in [2.75, 3.05) is 11.1 Å². The molecule has 0 radical (unpaired) electrons. The highest BCUT2D eigenvalue weighted by atomic mass is 19.4. The molecule has 1 aromatic carbocycles. The van der Waals surface area contributed by atoms with Gasteiger partial charge in [0.2, 0.25) is 0 Å². The second-order valence-corrected chi connectivity index (χ2v) is 6.82. The van der Waals surface area contributed by atoms with Crippen LogP contribution in [0.25, 0.3) is 11.2 Å². The fraction of sp³-hybridized carbons (Fsp3) is 0.150. The Labute approximate surface area is 178 Å². The molecule has 9 nitrogen and oxygen atoms in total. The summed E-state index contributed by atoms with van der Waals surface area (Å²) >= 11 is 0. The average Bonchev–Trinajstić information content (AvgIpc) is 3.19. The van der Waals surface area contributed by atoms with Crippen molar-refractivity contribution in [3.05, 3.63) is 76.2 Å². The molecule has 0 aliphatic carbocycles. The third kappa shape index (κ3) is 3.49. The van der Waals surface area contributed by atoms with Gasteiger partial charge in [-0.25, -0.2) is 14.5 Å². The lowest BCUT2D eigenvalue weighted by Crippen LogP contribution is -2.30. The standard InChI is InChI=1S/C20H15F3N8O/c1-11(28-17-13(9-24)16(25)26-10-27-17)18-29-30-8-7-14(20(21,22)23)15(30)19(32)31(18)12-5-3-2-4-6-12/h2-8,10-11H,1H3,(H3,25,26,27,28)/t11-/m0/s1. The van der Waals surface area contributed by atoms with Gasteiger partial charge in [-0.15, -0.1) is 0 Å². The summed E-state index contributed by atoms with van der Waals surface area (Å²) in [5.74, 6) is 0.158. The largest absolute Gasteiger partial charge is 0.418 e. The number of nitrogens with zero attached hydrogens (tertiary/aromatic N) is 6. The Hall–Kier alpha value is -4.40. The van der Waals surface area contributed by atoms with E-state index in [9.17, 15) is 23.2 Å². The Bertz CT molecular complexity index is 1400. The Morgan fingerprint density at radius 2 is 1.91 bits per heavy atom. The minimum Gasteiger partial charge on any atom is -0.382 e. The fourth-order valence-electron chi connectivity index (χ4n) is 3.31. The van der Waals surface area contributed by atoms with Crippen LogP contribution >= 0.6 is 0 Å². The smallest absolute Gasteiger partial charge is 0.382 e. The monoisotopic (exact) mass is 440 g/mol. The van der Waals surface area contributed by atoms with Gasteiger partial charge < -0.3 is 11.1 Å². The van der Waals surface area contributed by atoms with Crippen LogP contribution < -0.4 is 16.6 Å². The molecule has 4 aromatic rings. The van der Waals surface area contributed by atoms with E-state index in [4.69, 9.17) is 5.73 Å². The zero-order valence-corrected chi connectivity index (χ0v) is 16.5. The molecular formula is C20H15F3N8O. The van der Waals surface area contributed by atoms with Crippen molar-refractivity contribution < 1.29 is 13.2 Å². The molecule has 0 saturated carbocycles. The number of nitrogens with one attached hydrogen (secondary N) is 1. The zero-order chi connectivity index (χ0) is 23.0. The minimum absolute atomic E-state index is 0.00522. The van der Waals surface area contributed by atoms with Gasteiger partial charge in [-0.3, -0.25) is 9.36 Å². The topological polar surface area (TPSA) is 127 Å². The molecule has 3 aromatic heterocycles. The van der Waals surface area contributed by atoms with E-state index in [0.717, 1.165) is 27.7 Å². The molecule has 0 fully saturated rings. The number of hydrogen-bond acceptors (Lipinski definition) is 7. The third-order valence-corrected chi connectivity index (χ3v) is 4.76. The molecule has 32 heavy (non-hydrogen) atoms. The van der Waals surface area contributed by atoms with Crippen LogP contribution in [-0.4, -0.2) is 24.1 Å². The Kier molecular flexibility index (Phi) is 5.01. The van der Waals surface area contributed by atoms with Crippen molar-refractivity contribution in [3.63, 3.8) is 0 Å². The number of nitriles is 1. The minimum atomic E-state index is -4.73. The summed E-state index contributed by atoms with van der Waals surface area (Å²) < 4.78 is 42.4. The summed E-state index contributed by atoms with van der Waals surface area (Å²) in [6.45, 7) is 1.63. The number of rotatable bonds is 4. The molecule has 162 valence electrons. The second kappa shape index (κ2) is 7.69. The van der Waals surface area contributed by atoms with E-state index < -0.39 is 28.9 Å². The molecule has 0 aliphatic heterocycles. The van der Waals surface area contributed by atoms with Gasteiger partial charge in [-0.1, -0.05) is 18.2 Å². The van der Waals surface area contributed by atoms with Crippen LogP contribution in [0.4, 0.5) is 24.8 Å². The number of aromatic nitrogens is 5. The van der Waals surface area contributed by atoms with Gasteiger partial charge in [-0.2, -0.15) is 23.5 Å². The number of halogens is 3. The van der Waals surface area contributed by atoms with Crippen molar-refractivity contribution in [3.8, 4) is 11.8 Å². The van der Waals surface area contributed by atoms with Crippen LogP contribution in [0.2, 0.25) is 0 Å². The number of anilines is 2. The molecule has 4 rings (SSSR count). The van der Waals surface area contributed by atoms with Crippen LogP contribution in [-0.2, 0) is 6.18 Å². The van der Waals surface area contributed by atoms with E-state index in [2.05, 4.69) is 20.4 Å². The third-order valence-electron chi connectivity index (χ3n) is 4.76. The van der Waals surface area contributed by atoms with E-state index in [-0.39, 0.29) is 23.0 Å². The van der Waals surface area contributed by atoms with Crippen LogP contribution in [0.3, 0.4) is 0 Å². The molecule has 12 heteroatoms. The summed E-state index contributed by atoms with van der Waals surface area (Å²) in [7, 11) is 0. The molecule has 1 atom stereocenters. The highest BCUT2D eigenvalue weighted by Crippen LogP contribution is 2.32. The summed E-state index contributed by atoms with van der Waals surface area (Å²) in [6, 6.07) is 10.1. The van der Waals surface area contributed by atoms with Crippen molar-refractivity contribution >= 4 is 17.2 Å². The molecular weight excluding hydrogens is 425 g/mol. The van der Waals surface area contributed by atoms with E-state index >= 15 is 0 Å². The Balaban J connectivity index is 1.94. The summed E-state index contributed by atoms with van der Waals surface area (Å²) in [6.07, 6.45) is -2.49. The number of hydrogen-bond donors (Lipinski definition) is 2. The number of benzene rings is 1. The maximum Gasteiger partial charge on any atom is 0.418 e. The average molecular weight is 440 g/mol. The first-order valence-corrected chi connectivity index (χ1v) is 9.26. The normalized spacial score (nSPS) is 12.5. The number of alkyl halides is 3. The van der Waals surface area contributed by atoms with Crippen molar-refractivity contribution in [1.82, 2.24) is 24.1 Å². The number of nitrogen functional groups attached to an aromatic ring is 1. The van der Waals surface area contributed by atoms with E-state index in [0.29, 0.717) is 5.69 Å². The summed E-state index contributed by atoms with van der Waals surface area (Å²) in [5, 5.41) is 16.6. The highest BCUT2D eigenvalue weighted by molar-refractivity contribution is 5.62. The summed E-state index contributed by atoms with van der Waals surface area (Å²) in [5.41, 5.74) is 3.46. The number of para-hydroxylation sites is 1. The van der Waals surface area contributed by atoms with Gasteiger partial charge >= 0.3 is 6.18 Å². The van der Waals surface area contributed by atoms with Gasteiger partial charge in [0.1, 0.15) is 35.1 Å². The quantitative estimate of drug-likeness (QED) is 0.499. The van der Waals surface area contributed by atoms with E-state index in [1.165, 1.54) is 0 Å². The Morgan fingerprint density at radius 1 is 1.19 bits per heavy atom. The summed E-state index contributed by atoms with van der Waals surface area (Å²) in [4.78, 5) is 21.1. The van der Waals surface area contributed by atoms with Crippen LogP contribution in [0.1, 0.15) is 29.9 Å². The molecule has 0 unspecified atom stereocenters. The maximum atomic E-state index is 13.5. The predicted octanol–water partition coefficient (Wildman–Crippen LogP) is 2.92. The predicted molar refractivity (Wildman–Crippen MR) is 109 cm³/mol. The molecule has 0 saturated heterocycles. The maximum absolute atomic E-state index is 13.5. The number of fused-ring (bicyclic) bond motifs is 1. The van der Waals surface area contributed by atoms with Gasteiger partial charge in [0.05, 0.1) is 17.3 Å². The lowest BCUT2D eigenvalue weighted by atomic mass is 10.2. The lowest BCUT2D eigenvalue weighted by Gasteiger charge is -2.20. The first-order valence-electron chi connectivity index (χ1n) is 9.26. The fourth-order valence-corrected chi connectivity index (χ4v) is 3.31. The van der Waals surface area contributed by atoms with Gasteiger partial charge in [0.25, 0.3) is 5.56 Å². The van der Waals surface area contributed by atoms with E-state index in [1.54, 1.807) is 37.3 Å². The van der Waals surface area contributed by atoms with Crippen molar-refractivity contribution in [2.24, 2.45) is 0 Å². The molecule has 0 bridgehead atoms. The highest BCUT2D eigenvalue weighted by Gasteiger charge is 2.36. The van der Waals surface area contributed by atoms with Gasteiger partial charge in [-0.05, 0) is 25.1 Å². The number of nitrogens with two attached hydrogens (primary N) is 1. The zero-order valence-electron chi connectivity index (χ0n) is 16.5. The first-order chi connectivity index (χ1) is 15.2. The van der Waals surface area contributed by atoms with Gasteiger partial charge in [0, 0.05) is 6.20 Å². The van der Waals surface area contributed by atoms with Crippen molar-refractivity contribution in [2.45, 2.75) is 19.1 Å². The first kappa shape index (κ1) is 20.9. The Morgan fingerprint density at radius 3 is 2.56 bits per heavy atom. The van der Waals surface area contributed by atoms with Crippen LogP contribution in [0.15, 0.2) is 53.7 Å².